The molecule has 0 aliphatic rings. The largest absolute Gasteiger partial charge is 0.386 e. The Labute approximate surface area is 90.9 Å². The van der Waals surface area contributed by atoms with E-state index in [9.17, 15) is 5.11 Å². The van der Waals surface area contributed by atoms with Gasteiger partial charge < -0.3 is 9.84 Å². The fourth-order valence-electron chi connectivity index (χ4n) is 1.24. The summed E-state index contributed by atoms with van der Waals surface area (Å²) >= 11 is 0. The number of aromatic nitrogens is 2. The minimum absolute atomic E-state index is 0.322. The third kappa shape index (κ3) is 3.64. The molecule has 0 amide bonds. The van der Waals surface area contributed by atoms with Crippen molar-refractivity contribution in [1.29, 1.82) is 0 Å². The minimum atomic E-state index is -0.566. The van der Waals surface area contributed by atoms with Gasteiger partial charge in [-0.15, -0.1) is 0 Å². The molecule has 1 rings (SSSR count). The lowest BCUT2D eigenvalue weighted by Gasteiger charge is -2.08. The molecule has 0 aliphatic heterocycles. The number of hydrogen-bond acceptors (Lipinski definition) is 3. The van der Waals surface area contributed by atoms with E-state index in [1.54, 1.807) is 6.20 Å². The maximum absolute atomic E-state index is 9.76. The molecule has 1 N–H and O–H groups in total. The topological polar surface area (TPSA) is 47.3 Å². The first-order valence-electron chi connectivity index (χ1n) is 5.45. The SMILES string of the molecule is CCCOCC(O)c1cnn(C(C)C)c1. The molecule has 4 heteroatoms. The molecule has 4 nitrogen and oxygen atoms in total. The summed E-state index contributed by atoms with van der Waals surface area (Å²) in [7, 11) is 0. The highest BCUT2D eigenvalue weighted by molar-refractivity contribution is 5.08. The van der Waals surface area contributed by atoms with Crippen LogP contribution in [0.15, 0.2) is 12.4 Å². The number of hydrogen-bond donors (Lipinski definition) is 1. The highest BCUT2D eigenvalue weighted by Gasteiger charge is 2.10. The quantitative estimate of drug-likeness (QED) is 0.733. The number of ether oxygens (including phenoxy) is 1. The Morgan fingerprint density at radius 3 is 2.80 bits per heavy atom. The molecule has 86 valence electrons. The second-order valence-electron chi connectivity index (χ2n) is 3.94. The van der Waals surface area contributed by atoms with Crippen LogP contribution in [0.2, 0.25) is 0 Å². The van der Waals surface area contributed by atoms with Crippen LogP contribution in [0.3, 0.4) is 0 Å². The third-order valence-corrected chi connectivity index (χ3v) is 2.16. The smallest absolute Gasteiger partial charge is 0.105 e. The molecular formula is C11H20N2O2. The van der Waals surface area contributed by atoms with Crippen LogP contribution in [-0.4, -0.2) is 28.1 Å². The van der Waals surface area contributed by atoms with Gasteiger partial charge in [0.2, 0.25) is 0 Å². The van der Waals surface area contributed by atoms with Gasteiger partial charge >= 0.3 is 0 Å². The van der Waals surface area contributed by atoms with Gasteiger partial charge in [-0.1, -0.05) is 6.92 Å². The van der Waals surface area contributed by atoms with Crippen LogP contribution in [-0.2, 0) is 4.74 Å². The van der Waals surface area contributed by atoms with Crippen molar-refractivity contribution in [2.75, 3.05) is 13.2 Å². The molecule has 0 bridgehead atoms. The zero-order valence-corrected chi connectivity index (χ0v) is 9.68. The van der Waals surface area contributed by atoms with E-state index in [1.165, 1.54) is 0 Å². The van der Waals surface area contributed by atoms with Crippen molar-refractivity contribution in [3.8, 4) is 0 Å². The summed E-state index contributed by atoms with van der Waals surface area (Å²) in [5.74, 6) is 0. The molecule has 0 spiro atoms. The molecule has 0 radical (unpaired) electrons. The van der Waals surface area contributed by atoms with Crippen LogP contribution in [0.25, 0.3) is 0 Å². The molecule has 1 aromatic heterocycles. The van der Waals surface area contributed by atoms with Crippen molar-refractivity contribution in [2.24, 2.45) is 0 Å². The van der Waals surface area contributed by atoms with E-state index in [-0.39, 0.29) is 0 Å². The lowest BCUT2D eigenvalue weighted by Crippen LogP contribution is -2.07. The predicted octanol–water partition coefficient (Wildman–Crippen LogP) is 1.92. The zero-order valence-electron chi connectivity index (χ0n) is 9.68. The Balaban J connectivity index is 2.47. The van der Waals surface area contributed by atoms with Crippen LogP contribution in [0.4, 0.5) is 0 Å². The summed E-state index contributed by atoms with van der Waals surface area (Å²) in [6.07, 6.45) is 3.96. The Bertz CT molecular complexity index is 284. The lowest BCUT2D eigenvalue weighted by molar-refractivity contribution is 0.0363. The first kappa shape index (κ1) is 12.2. The van der Waals surface area contributed by atoms with E-state index in [0.29, 0.717) is 19.3 Å². The Morgan fingerprint density at radius 2 is 2.27 bits per heavy atom. The van der Waals surface area contributed by atoms with Crippen LogP contribution >= 0.6 is 0 Å². The average molecular weight is 212 g/mol. The summed E-state index contributed by atoms with van der Waals surface area (Å²) in [5, 5.41) is 13.9. The van der Waals surface area contributed by atoms with E-state index in [4.69, 9.17) is 4.74 Å². The van der Waals surface area contributed by atoms with Crippen molar-refractivity contribution < 1.29 is 9.84 Å². The zero-order chi connectivity index (χ0) is 11.3. The molecule has 1 unspecified atom stereocenters. The lowest BCUT2D eigenvalue weighted by atomic mass is 10.2. The molecule has 1 heterocycles. The van der Waals surface area contributed by atoms with Gasteiger partial charge in [-0.05, 0) is 20.3 Å². The fraction of sp³-hybridized carbons (Fsp3) is 0.727. The first-order valence-corrected chi connectivity index (χ1v) is 5.45. The Kier molecular flexibility index (Phi) is 4.78. The highest BCUT2D eigenvalue weighted by Crippen LogP contribution is 2.14. The number of aliphatic hydroxyl groups is 1. The Hall–Kier alpha value is -0.870. The molecule has 0 saturated heterocycles. The minimum Gasteiger partial charge on any atom is -0.386 e. The first-order chi connectivity index (χ1) is 7.15. The second kappa shape index (κ2) is 5.88. The summed E-state index contributed by atoms with van der Waals surface area (Å²) in [4.78, 5) is 0. The van der Waals surface area contributed by atoms with E-state index >= 15 is 0 Å². The molecule has 1 atom stereocenters. The normalized spacial score (nSPS) is 13.4. The summed E-state index contributed by atoms with van der Waals surface area (Å²) < 4.78 is 7.11. The van der Waals surface area contributed by atoms with Crippen molar-refractivity contribution in [3.63, 3.8) is 0 Å². The van der Waals surface area contributed by atoms with E-state index in [0.717, 1.165) is 12.0 Å². The molecule has 0 aliphatic carbocycles. The highest BCUT2D eigenvalue weighted by atomic mass is 16.5. The van der Waals surface area contributed by atoms with Crippen molar-refractivity contribution in [2.45, 2.75) is 39.3 Å². The van der Waals surface area contributed by atoms with Gasteiger partial charge in [0.05, 0.1) is 12.8 Å². The standard InChI is InChI=1S/C11H20N2O2/c1-4-5-15-8-11(14)10-6-12-13(7-10)9(2)3/h6-7,9,11,14H,4-5,8H2,1-3H3. The van der Waals surface area contributed by atoms with E-state index < -0.39 is 6.10 Å². The molecule has 0 aromatic carbocycles. The van der Waals surface area contributed by atoms with Crippen LogP contribution in [0.1, 0.15) is 44.9 Å². The molecule has 0 fully saturated rings. The average Bonchev–Trinajstić information content (AvgIpc) is 2.66. The van der Waals surface area contributed by atoms with Gasteiger partial charge in [0.15, 0.2) is 0 Å². The summed E-state index contributed by atoms with van der Waals surface area (Å²) in [5.41, 5.74) is 0.819. The van der Waals surface area contributed by atoms with Crippen LogP contribution < -0.4 is 0 Å². The van der Waals surface area contributed by atoms with Gasteiger partial charge in [0.25, 0.3) is 0 Å². The van der Waals surface area contributed by atoms with Crippen molar-refractivity contribution in [1.82, 2.24) is 9.78 Å². The molecule has 15 heavy (non-hydrogen) atoms. The number of aliphatic hydroxyl groups excluding tert-OH is 1. The monoisotopic (exact) mass is 212 g/mol. The van der Waals surface area contributed by atoms with Crippen molar-refractivity contribution >= 4 is 0 Å². The predicted molar refractivity (Wildman–Crippen MR) is 58.7 cm³/mol. The van der Waals surface area contributed by atoms with Gasteiger partial charge in [-0.25, -0.2) is 0 Å². The summed E-state index contributed by atoms with van der Waals surface area (Å²) in [6.45, 7) is 7.18. The van der Waals surface area contributed by atoms with Crippen LogP contribution in [0, 0.1) is 0 Å². The number of nitrogens with zero attached hydrogens (tertiary/aromatic N) is 2. The molecule has 1 aromatic rings. The van der Waals surface area contributed by atoms with Gasteiger partial charge in [-0.2, -0.15) is 5.10 Å². The maximum Gasteiger partial charge on any atom is 0.105 e. The summed E-state index contributed by atoms with van der Waals surface area (Å²) in [6, 6.07) is 0.322. The van der Waals surface area contributed by atoms with Crippen LogP contribution in [0.5, 0.6) is 0 Å². The molecular weight excluding hydrogens is 192 g/mol. The van der Waals surface area contributed by atoms with E-state index in [2.05, 4.69) is 18.9 Å². The van der Waals surface area contributed by atoms with Crippen molar-refractivity contribution in [3.05, 3.63) is 18.0 Å². The maximum atomic E-state index is 9.76. The second-order valence-corrected chi connectivity index (χ2v) is 3.94. The third-order valence-electron chi connectivity index (χ3n) is 2.16. The van der Waals surface area contributed by atoms with E-state index in [1.807, 2.05) is 17.8 Å². The molecule has 0 saturated carbocycles. The van der Waals surface area contributed by atoms with Gasteiger partial charge in [-0.3, -0.25) is 4.68 Å². The van der Waals surface area contributed by atoms with Gasteiger partial charge in [0.1, 0.15) is 6.10 Å². The fourth-order valence-corrected chi connectivity index (χ4v) is 1.24. The Morgan fingerprint density at radius 1 is 1.53 bits per heavy atom. The van der Waals surface area contributed by atoms with Gasteiger partial charge in [0, 0.05) is 24.4 Å². The number of rotatable bonds is 6.